The van der Waals surface area contributed by atoms with Crippen LogP contribution in [0.15, 0.2) is 11.8 Å². The van der Waals surface area contributed by atoms with Gasteiger partial charge in [0.2, 0.25) is 0 Å². The Balaban J connectivity index is -0.000000528. The van der Waals surface area contributed by atoms with E-state index < -0.39 is 205 Å². The summed E-state index contributed by atoms with van der Waals surface area (Å²) in [6, 6.07) is 0. The number of hydrogen-bond donors (Lipinski definition) is 24. The minimum atomic E-state index is -2.27. The van der Waals surface area contributed by atoms with Crippen LogP contribution in [-0.4, -0.2) is 324 Å². The van der Waals surface area contributed by atoms with Gasteiger partial charge in [-0.3, -0.25) is 19.2 Å². The summed E-state index contributed by atoms with van der Waals surface area (Å²) in [7, 11) is 0. The number of aliphatic hydroxyl groups excluding tert-OH is 22. The number of hydrogen-bond acceptors (Lipinski definition) is 31. The Kier molecular flexibility index (Phi) is 42.6. The second kappa shape index (κ2) is 41.5. The molecule has 3 rings (SSSR count). The number of aliphatic hydroxyl groups is 22. The van der Waals surface area contributed by atoms with E-state index in [0.29, 0.717) is 5.76 Å². The van der Waals surface area contributed by atoms with Gasteiger partial charge in [-0.2, -0.15) is 0 Å². The summed E-state index contributed by atoms with van der Waals surface area (Å²) in [6.45, 7) is 38.0. The standard InChI is InChI=1S/C10H18O7.C10H20O6.C10H20O5.C10H20O4.C10H18O3.C8H14O5.C7H14O3/c1-10(2,3)8(15)6(13)4(11)5(12)7(14)9(16)17;1-10(2,3)9(16)8(15)7(14)6(13)5(12)4-11;1-10(2,3)9-8(14)7(13)6(12)5(4-11)15-9;1-5-6(11)7(12)8(13)9(14-5)10(2,3)4;1-6-5-7(11)8(12)9(13-6)10(2,3)4;1-8(2,3)6(11)4(9)5(10)7(12)13;1-7(2,3)6(10)5(9)4-8/h4-7,11-14H,1-3H3,(H,16,17);5-8,11-15H,4H2,1-3H3;5-9,11-14H,4H2,1-3H3;5-9,11-13H,1-4H3;5,7-9,11-12H,1-4H3;4-5,9-10H,1-3H3,(H,12,13);5,8-9H,4H2,1-3H3. The number of carboxylic acids is 2. The zero-order valence-electron chi connectivity index (χ0n) is 61.0. The van der Waals surface area contributed by atoms with Crippen molar-refractivity contribution in [1.82, 2.24) is 0 Å². The molecule has 3 aliphatic rings. The molecule has 3 aliphatic heterocycles. The molecule has 2 fully saturated rings. The number of ether oxygens (including phenoxy) is 3. The molecule has 98 heavy (non-hydrogen) atoms. The van der Waals surface area contributed by atoms with Crippen LogP contribution in [0, 0.1) is 37.9 Å². The molecule has 33 heteroatoms. The number of carboxylic acid groups (broad SMARTS) is 2. The third-order valence-corrected chi connectivity index (χ3v) is 15.0. The van der Waals surface area contributed by atoms with Crippen molar-refractivity contribution in [3.05, 3.63) is 11.8 Å². The van der Waals surface area contributed by atoms with Crippen molar-refractivity contribution in [3.8, 4) is 0 Å². The fourth-order valence-electron chi connectivity index (χ4n) is 8.65. The van der Waals surface area contributed by atoms with Gasteiger partial charge in [-0.25, -0.2) is 9.59 Å². The van der Waals surface area contributed by atoms with Crippen molar-refractivity contribution in [2.24, 2.45) is 37.9 Å². The first-order valence-electron chi connectivity index (χ1n) is 31.6. The van der Waals surface area contributed by atoms with E-state index in [1.807, 2.05) is 62.3 Å². The van der Waals surface area contributed by atoms with Crippen LogP contribution in [0.3, 0.4) is 0 Å². The first-order valence-corrected chi connectivity index (χ1v) is 31.6. The number of aliphatic carboxylic acids is 2. The highest BCUT2D eigenvalue weighted by Crippen LogP contribution is 2.35. The Bertz CT molecular complexity index is 2410. The molecule has 0 bridgehead atoms. The maximum atomic E-state index is 11.6. The number of rotatable bonds is 16. The van der Waals surface area contributed by atoms with E-state index in [1.54, 1.807) is 55.4 Å². The van der Waals surface area contributed by atoms with E-state index in [0.717, 1.165) is 0 Å². The van der Waals surface area contributed by atoms with Crippen LogP contribution in [0.25, 0.3) is 0 Å². The molecule has 0 aromatic carbocycles. The number of allylic oxidation sites excluding steroid dienone is 1. The van der Waals surface area contributed by atoms with Crippen LogP contribution < -0.4 is 0 Å². The fourth-order valence-corrected chi connectivity index (χ4v) is 8.65. The Hall–Kier alpha value is -3.80. The molecule has 582 valence electrons. The summed E-state index contributed by atoms with van der Waals surface area (Å²) in [6.07, 6.45) is -30.2. The van der Waals surface area contributed by atoms with Crippen LogP contribution in [-0.2, 0) is 43.0 Å². The van der Waals surface area contributed by atoms with Gasteiger partial charge >= 0.3 is 11.9 Å². The fraction of sp³-hybridized carbons (Fsp3) is 0.877. The summed E-state index contributed by atoms with van der Waals surface area (Å²) < 4.78 is 16.4. The van der Waals surface area contributed by atoms with Gasteiger partial charge < -0.3 is 137 Å². The Morgan fingerprint density at radius 1 is 0.388 bits per heavy atom. The second-order valence-corrected chi connectivity index (χ2v) is 31.6. The van der Waals surface area contributed by atoms with Crippen molar-refractivity contribution >= 4 is 35.1 Å². The zero-order valence-corrected chi connectivity index (χ0v) is 61.0. The van der Waals surface area contributed by atoms with E-state index in [9.17, 15) is 100 Å². The van der Waals surface area contributed by atoms with Gasteiger partial charge in [0.25, 0.3) is 0 Å². The summed E-state index contributed by atoms with van der Waals surface area (Å²) in [4.78, 5) is 65.9. The Morgan fingerprint density at radius 3 is 1.00 bits per heavy atom. The predicted octanol–water partition coefficient (Wildman–Crippen LogP) is -4.64. The van der Waals surface area contributed by atoms with Crippen molar-refractivity contribution in [2.75, 3.05) is 19.8 Å². The normalized spacial score (nSPS) is 28.0. The van der Waals surface area contributed by atoms with Gasteiger partial charge in [-0.1, -0.05) is 145 Å². The van der Waals surface area contributed by atoms with Gasteiger partial charge in [0.15, 0.2) is 35.3 Å². The van der Waals surface area contributed by atoms with Crippen molar-refractivity contribution in [3.63, 3.8) is 0 Å². The van der Waals surface area contributed by atoms with Gasteiger partial charge in [-0.15, -0.1) is 0 Å². The lowest BCUT2D eigenvalue weighted by Crippen LogP contribution is -2.61. The molecule has 24 atom stereocenters. The molecule has 0 saturated carbocycles. The highest BCUT2D eigenvalue weighted by molar-refractivity contribution is 5.92. The van der Waals surface area contributed by atoms with Gasteiger partial charge in [0, 0.05) is 27.1 Å². The molecule has 0 aromatic heterocycles. The van der Waals surface area contributed by atoms with Crippen LogP contribution in [0.2, 0.25) is 0 Å². The summed E-state index contributed by atoms with van der Waals surface area (Å²) >= 11 is 0. The maximum Gasteiger partial charge on any atom is 0.335 e. The number of carbonyl (C=O) groups is 6. The molecule has 0 aromatic rings. The van der Waals surface area contributed by atoms with Crippen LogP contribution in [0.5, 0.6) is 0 Å². The third-order valence-electron chi connectivity index (χ3n) is 15.0. The molecule has 3 heterocycles. The van der Waals surface area contributed by atoms with E-state index >= 15 is 0 Å². The monoisotopic (exact) mass is 1430 g/mol. The largest absolute Gasteiger partial charge is 0.492 e. The number of Topliss-reactive ketones (excluding diaryl/α,β-unsaturated/α-hetero) is 4. The van der Waals surface area contributed by atoms with E-state index in [-0.39, 0.29) is 34.7 Å². The van der Waals surface area contributed by atoms with Gasteiger partial charge in [0.05, 0.1) is 43.9 Å². The summed E-state index contributed by atoms with van der Waals surface area (Å²) in [5.41, 5.74) is -4.06. The molecule has 2 saturated heterocycles. The highest BCUT2D eigenvalue weighted by Gasteiger charge is 2.49. The molecule has 0 amide bonds. The molecular formula is C65H124O33. The zero-order chi connectivity index (χ0) is 79.3. The average molecular weight is 1430 g/mol. The van der Waals surface area contributed by atoms with E-state index in [1.165, 1.54) is 47.6 Å². The minimum absolute atomic E-state index is 0.171. The lowest BCUT2D eigenvalue weighted by atomic mass is 9.80. The second-order valence-electron chi connectivity index (χ2n) is 31.6. The number of carbonyl (C=O) groups excluding carboxylic acids is 4. The Morgan fingerprint density at radius 2 is 0.704 bits per heavy atom. The highest BCUT2D eigenvalue weighted by atomic mass is 16.6. The third kappa shape index (κ3) is 33.1. The topological polar surface area (TPSA) is 616 Å². The van der Waals surface area contributed by atoms with E-state index in [2.05, 4.69) is 0 Å². The van der Waals surface area contributed by atoms with Crippen LogP contribution in [0.1, 0.15) is 159 Å². The molecule has 33 nitrogen and oxygen atoms in total. The van der Waals surface area contributed by atoms with Gasteiger partial charge in [-0.05, 0) is 30.8 Å². The lowest BCUT2D eigenvalue weighted by molar-refractivity contribution is -0.250. The first kappa shape index (κ1) is 101. The SMILES string of the molecule is CC(C)(C)C(=O)C(O)C(O)C(=O)O.CC(C)(C)C(=O)C(O)C(O)C(O)C(O)C(=O)O.CC(C)(C)C(=O)C(O)C(O)C(O)C(O)CO.CC(C)(C)C(=O)C(O)CO.CC(C)(C)C1OC(CO)C(O)C(O)C1O.CC1=CC(O)C(O)C(C(C)(C)C)O1.CC1OC(C(C)(C)C)C(O)C(O)C1O. The minimum Gasteiger partial charge on any atom is -0.492 e. The van der Waals surface area contributed by atoms with E-state index in [4.69, 9.17) is 65.3 Å². The Labute approximate surface area is 574 Å². The quantitative estimate of drug-likeness (QED) is 0.0691. The van der Waals surface area contributed by atoms with Crippen molar-refractivity contribution in [2.45, 2.75) is 306 Å². The molecule has 0 spiro atoms. The summed E-state index contributed by atoms with van der Waals surface area (Å²) in [5.74, 6) is -5.11. The predicted molar refractivity (Wildman–Crippen MR) is 348 cm³/mol. The molecular weight excluding hydrogens is 1310 g/mol. The van der Waals surface area contributed by atoms with Crippen LogP contribution in [0.4, 0.5) is 0 Å². The molecule has 24 unspecified atom stereocenters. The van der Waals surface area contributed by atoms with Crippen molar-refractivity contribution < 1.29 is 166 Å². The summed E-state index contributed by atoms with van der Waals surface area (Å²) in [5, 5.41) is 221. The van der Waals surface area contributed by atoms with Gasteiger partial charge in [0.1, 0.15) is 116 Å². The number of ketones is 4. The molecule has 0 aliphatic carbocycles. The molecule has 0 radical (unpaired) electrons. The van der Waals surface area contributed by atoms with Crippen LogP contribution >= 0.6 is 0 Å². The van der Waals surface area contributed by atoms with Crippen molar-refractivity contribution in [1.29, 1.82) is 0 Å². The average Bonchev–Trinajstić information content (AvgIpc) is 0.805. The first-order chi connectivity index (χ1) is 43.5. The maximum absolute atomic E-state index is 11.6. The smallest absolute Gasteiger partial charge is 0.335 e. The lowest BCUT2D eigenvalue weighted by Gasteiger charge is -2.45. The molecule has 24 N–H and O–H groups in total.